The summed E-state index contributed by atoms with van der Waals surface area (Å²) in [6, 6.07) is 7.35. The molecule has 0 amide bonds. The predicted molar refractivity (Wildman–Crippen MR) is 51.0 cm³/mol. The van der Waals surface area contributed by atoms with Gasteiger partial charge in [-0.2, -0.15) is 0 Å². The van der Waals surface area contributed by atoms with Gasteiger partial charge in [0.2, 0.25) is 0 Å². The molecular formula is C9H14N2O2. The molecule has 0 radical (unpaired) electrons. The third kappa shape index (κ3) is 3.02. The van der Waals surface area contributed by atoms with Crippen LogP contribution in [-0.2, 0) is 6.42 Å². The standard InChI is InChI=1S/C9H14N2O2/c10-11-8-3-1-7(2-4-8)5-9(13)6-12/h1-4,9,11-13H,5-6,10H2. The van der Waals surface area contributed by atoms with Crippen LogP contribution < -0.4 is 11.3 Å². The maximum absolute atomic E-state index is 9.15. The SMILES string of the molecule is NNc1ccc(CC(O)CO)cc1. The molecule has 4 heteroatoms. The van der Waals surface area contributed by atoms with Gasteiger partial charge in [0, 0.05) is 12.1 Å². The van der Waals surface area contributed by atoms with Crippen molar-refractivity contribution in [3.05, 3.63) is 29.8 Å². The molecule has 1 aromatic rings. The Balaban J connectivity index is 2.58. The average molecular weight is 182 g/mol. The largest absolute Gasteiger partial charge is 0.394 e. The molecule has 1 aromatic carbocycles. The number of hydrogen-bond acceptors (Lipinski definition) is 4. The van der Waals surface area contributed by atoms with Crippen molar-refractivity contribution in [3.8, 4) is 0 Å². The van der Waals surface area contributed by atoms with Gasteiger partial charge < -0.3 is 15.6 Å². The van der Waals surface area contributed by atoms with E-state index in [9.17, 15) is 0 Å². The summed E-state index contributed by atoms with van der Waals surface area (Å²) < 4.78 is 0. The summed E-state index contributed by atoms with van der Waals surface area (Å²) in [5.74, 6) is 5.19. The highest BCUT2D eigenvalue weighted by Gasteiger charge is 2.02. The van der Waals surface area contributed by atoms with E-state index in [-0.39, 0.29) is 6.61 Å². The molecule has 0 aromatic heterocycles. The van der Waals surface area contributed by atoms with Crippen molar-refractivity contribution in [2.75, 3.05) is 12.0 Å². The van der Waals surface area contributed by atoms with Crippen molar-refractivity contribution in [2.24, 2.45) is 5.84 Å². The van der Waals surface area contributed by atoms with Gasteiger partial charge in [0.1, 0.15) is 0 Å². The number of nitrogens with two attached hydrogens (primary N) is 1. The Hall–Kier alpha value is -1.10. The fourth-order valence-corrected chi connectivity index (χ4v) is 1.07. The molecule has 72 valence electrons. The normalized spacial score (nSPS) is 12.5. The van der Waals surface area contributed by atoms with Crippen LogP contribution in [0.1, 0.15) is 5.56 Å². The Morgan fingerprint density at radius 1 is 1.31 bits per heavy atom. The van der Waals surface area contributed by atoms with Crippen LogP contribution >= 0.6 is 0 Å². The molecule has 1 unspecified atom stereocenters. The van der Waals surface area contributed by atoms with E-state index in [1.165, 1.54) is 0 Å². The fourth-order valence-electron chi connectivity index (χ4n) is 1.07. The maximum Gasteiger partial charge on any atom is 0.0811 e. The monoisotopic (exact) mass is 182 g/mol. The highest BCUT2D eigenvalue weighted by molar-refractivity contribution is 5.43. The second kappa shape index (κ2) is 4.81. The van der Waals surface area contributed by atoms with Gasteiger partial charge in [-0.15, -0.1) is 0 Å². The van der Waals surface area contributed by atoms with Crippen LogP contribution in [0.15, 0.2) is 24.3 Å². The van der Waals surface area contributed by atoms with Gasteiger partial charge >= 0.3 is 0 Å². The average Bonchev–Trinajstić information content (AvgIpc) is 2.19. The first-order chi connectivity index (χ1) is 6.26. The van der Waals surface area contributed by atoms with Crippen LogP contribution in [0.5, 0.6) is 0 Å². The van der Waals surface area contributed by atoms with E-state index in [1.807, 2.05) is 24.3 Å². The predicted octanol–water partition coefficient (Wildman–Crippen LogP) is -0.132. The first-order valence-corrected chi connectivity index (χ1v) is 4.10. The van der Waals surface area contributed by atoms with Crippen LogP contribution in [-0.4, -0.2) is 22.9 Å². The minimum Gasteiger partial charge on any atom is -0.394 e. The molecule has 0 spiro atoms. The molecule has 0 saturated carbocycles. The quantitative estimate of drug-likeness (QED) is 0.386. The molecule has 0 aliphatic rings. The van der Waals surface area contributed by atoms with Gasteiger partial charge in [0.25, 0.3) is 0 Å². The highest BCUT2D eigenvalue weighted by Crippen LogP contribution is 2.09. The van der Waals surface area contributed by atoms with E-state index in [2.05, 4.69) is 5.43 Å². The number of nitrogen functional groups attached to an aromatic ring is 1. The summed E-state index contributed by atoms with van der Waals surface area (Å²) in [4.78, 5) is 0. The minimum absolute atomic E-state index is 0.211. The molecule has 1 rings (SSSR count). The van der Waals surface area contributed by atoms with E-state index in [0.717, 1.165) is 11.3 Å². The lowest BCUT2D eigenvalue weighted by molar-refractivity contribution is 0.0955. The smallest absolute Gasteiger partial charge is 0.0811 e. The summed E-state index contributed by atoms with van der Waals surface area (Å²) in [6.07, 6.45) is -0.224. The molecule has 1 atom stereocenters. The molecule has 0 aliphatic heterocycles. The number of benzene rings is 1. The zero-order valence-corrected chi connectivity index (χ0v) is 7.27. The Morgan fingerprint density at radius 2 is 1.92 bits per heavy atom. The van der Waals surface area contributed by atoms with Crippen LogP contribution in [0.25, 0.3) is 0 Å². The summed E-state index contributed by atoms with van der Waals surface area (Å²) in [5, 5.41) is 17.8. The van der Waals surface area contributed by atoms with Crippen LogP contribution in [0.2, 0.25) is 0 Å². The van der Waals surface area contributed by atoms with E-state index in [0.29, 0.717) is 6.42 Å². The number of anilines is 1. The molecule has 13 heavy (non-hydrogen) atoms. The number of nitrogens with one attached hydrogen (secondary N) is 1. The Labute approximate surface area is 77.0 Å². The second-order valence-corrected chi connectivity index (χ2v) is 2.88. The summed E-state index contributed by atoms with van der Waals surface area (Å²) in [5.41, 5.74) is 4.30. The number of rotatable bonds is 4. The zero-order valence-electron chi connectivity index (χ0n) is 7.27. The van der Waals surface area contributed by atoms with Gasteiger partial charge in [0.15, 0.2) is 0 Å². The van der Waals surface area contributed by atoms with Gasteiger partial charge in [-0.3, -0.25) is 5.84 Å². The molecule has 0 saturated heterocycles. The van der Waals surface area contributed by atoms with Crippen molar-refractivity contribution in [1.29, 1.82) is 0 Å². The van der Waals surface area contributed by atoms with Gasteiger partial charge in [-0.25, -0.2) is 0 Å². The third-order valence-electron chi connectivity index (χ3n) is 1.80. The molecule has 0 fully saturated rings. The summed E-state index contributed by atoms with van der Waals surface area (Å²) in [7, 11) is 0. The highest BCUT2D eigenvalue weighted by atomic mass is 16.3. The van der Waals surface area contributed by atoms with E-state index >= 15 is 0 Å². The van der Waals surface area contributed by atoms with E-state index in [4.69, 9.17) is 16.1 Å². The van der Waals surface area contributed by atoms with E-state index < -0.39 is 6.10 Å². The number of aliphatic hydroxyl groups excluding tert-OH is 2. The Bertz CT molecular complexity index is 248. The topological polar surface area (TPSA) is 78.5 Å². The van der Waals surface area contributed by atoms with Crippen molar-refractivity contribution < 1.29 is 10.2 Å². The van der Waals surface area contributed by atoms with Crippen molar-refractivity contribution in [2.45, 2.75) is 12.5 Å². The first kappa shape index (κ1) is 9.98. The lowest BCUT2D eigenvalue weighted by Crippen LogP contribution is -2.15. The van der Waals surface area contributed by atoms with Crippen molar-refractivity contribution in [1.82, 2.24) is 0 Å². The lowest BCUT2D eigenvalue weighted by atomic mass is 10.1. The molecule has 0 heterocycles. The third-order valence-corrected chi connectivity index (χ3v) is 1.80. The molecule has 5 N–H and O–H groups in total. The number of aliphatic hydroxyl groups is 2. The van der Waals surface area contributed by atoms with Crippen LogP contribution in [0, 0.1) is 0 Å². The van der Waals surface area contributed by atoms with Crippen LogP contribution in [0.4, 0.5) is 5.69 Å². The van der Waals surface area contributed by atoms with Crippen molar-refractivity contribution in [3.63, 3.8) is 0 Å². The number of hydrogen-bond donors (Lipinski definition) is 4. The Morgan fingerprint density at radius 3 is 2.38 bits per heavy atom. The molecule has 4 nitrogen and oxygen atoms in total. The molecule has 0 bridgehead atoms. The fraction of sp³-hybridized carbons (Fsp3) is 0.333. The van der Waals surface area contributed by atoms with Crippen molar-refractivity contribution >= 4 is 5.69 Å². The molecule has 0 aliphatic carbocycles. The minimum atomic E-state index is -0.684. The zero-order chi connectivity index (χ0) is 9.68. The summed E-state index contributed by atoms with van der Waals surface area (Å²) in [6.45, 7) is -0.211. The van der Waals surface area contributed by atoms with Gasteiger partial charge in [-0.1, -0.05) is 12.1 Å². The lowest BCUT2D eigenvalue weighted by Gasteiger charge is -2.07. The Kier molecular flexibility index (Phi) is 3.70. The maximum atomic E-state index is 9.15. The number of hydrazine groups is 1. The first-order valence-electron chi connectivity index (χ1n) is 4.10. The van der Waals surface area contributed by atoms with Gasteiger partial charge in [-0.05, 0) is 17.7 Å². The van der Waals surface area contributed by atoms with Crippen LogP contribution in [0.3, 0.4) is 0 Å². The van der Waals surface area contributed by atoms with Gasteiger partial charge in [0.05, 0.1) is 12.7 Å². The van der Waals surface area contributed by atoms with E-state index in [1.54, 1.807) is 0 Å². The summed E-state index contributed by atoms with van der Waals surface area (Å²) >= 11 is 0. The second-order valence-electron chi connectivity index (χ2n) is 2.88. The molecular weight excluding hydrogens is 168 g/mol.